The first-order chi connectivity index (χ1) is 10.6. The van der Waals surface area contributed by atoms with E-state index in [4.69, 9.17) is 4.89 Å². The van der Waals surface area contributed by atoms with E-state index >= 15 is 0 Å². The van der Waals surface area contributed by atoms with Crippen LogP contribution in [0.1, 0.15) is 36.3 Å². The minimum Gasteiger partial charge on any atom is -0.338 e. The summed E-state index contributed by atoms with van der Waals surface area (Å²) in [4.78, 5) is 7.19. The van der Waals surface area contributed by atoms with Gasteiger partial charge in [0.05, 0.1) is 4.88 Å². The van der Waals surface area contributed by atoms with Gasteiger partial charge in [-0.1, -0.05) is 50.9 Å². The van der Waals surface area contributed by atoms with E-state index in [1.165, 1.54) is 16.9 Å². The second-order valence-corrected chi connectivity index (χ2v) is 8.01. The molecule has 0 amide bonds. The van der Waals surface area contributed by atoms with Crippen LogP contribution in [0.5, 0.6) is 5.75 Å². The molecule has 0 atom stereocenters. The van der Waals surface area contributed by atoms with Crippen LogP contribution in [0.3, 0.4) is 0 Å². The number of thiol groups is 1. The van der Waals surface area contributed by atoms with Crippen LogP contribution in [0.4, 0.5) is 0 Å². The van der Waals surface area contributed by atoms with Crippen LogP contribution in [0.15, 0.2) is 24.3 Å². The quantitative estimate of drug-likeness (QED) is 0.430. The third-order valence-electron chi connectivity index (χ3n) is 4.35. The summed E-state index contributed by atoms with van der Waals surface area (Å²) in [6.45, 7) is 5.21. The number of thiophene rings is 1. The van der Waals surface area contributed by atoms with Gasteiger partial charge in [-0.15, -0.1) is 11.3 Å². The molecule has 0 unspecified atom stereocenters. The molecule has 1 aliphatic carbocycles. The molecule has 3 rings (SSSR count). The highest BCUT2D eigenvalue weighted by molar-refractivity contribution is 7.78. The van der Waals surface area contributed by atoms with Gasteiger partial charge < -0.3 is 4.89 Å². The summed E-state index contributed by atoms with van der Waals surface area (Å²) in [7, 11) is 0. The molecule has 0 bridgehead atoms. The Hall–Kier alpha value is -1.01. The van der Waals surface area contributed by atoms with Gasteiger partial charge in [-0.3, -0.25) is 4.72 Å². The number of fused-ring (bicyclic) bond motifs is 1. The minimum atomic E-state index is 0.255. The van der Waals surface area contributed by atoms with Crippen LogP contribution in [-0.4, -0.2) is 5.26 Å². The zero-order valence-corrected chi connectivity index (χ0v) is 14.6. The summed E-state index contributed by atoms with van der Waals surface area (Å²) in [5, 5.41) is 9.49. The molecule has 5 heteroatoms. The molecule has 0 aliphatic heterocycles. The Balaban J connectivity index is 2.11. The monoisotopic (exact) mass is 335 g/mol. The molecule has 22 heavy (non-hydrogen) atoms. The number of hydrogen-bond acceptors (Lipinski definition) is 5. The van der Waals surface area contributed by atoms with Crippen LogP contribution in [0.2, 0.25) is 0 Å². The Morgan fingerprint density at radius 3 is 2.86 bits per heavy atom. The molecule has 0 saturated heterocycles. The normalized spacial score (nSPS) is 16.4. The van der Waals surface area contributed by atoms with Gasteiger partial charge in [-0.2, -0.15) is 0 Å². The predicted octanol–water partition coefficient (Wildman–Crippen LogP) is 4.72. The molecule has 0 radical (unpaired) electrons. The molecule has 0 spiro atoms. The Kier molecular flexibility index (Phi) is 4.50. The molecular formula is C17H21NO2S2. The maximum absolute atomic E-state index is 9.49. The van der Waals surface area contributed by atoms with Gasteiger partial charge in [0.25, 0.3) is 0 Å². The number of nitrogens with one attached hydrogen (secondary N) is 1. The fraction of sp³-hybridized carbons (Fsp3) is 0.412. The predicted molar refractivity (Wildman–Crippen MR) is 94.6 cm³/mol. The van der Waals surface area contributed by atoms with Crippen LogP contribution in [0.25, 0.3) is 10.4 Å². The lowest BCUT2D eigenvalue weighted by Crippen LogP contribution is -2.21. The van der Waals surface area contributed by atoms with Gasteiger partial charge in [-0.05, 0) is 30.2 Å². The fourth-order valence-corrected chi connectivity index (χ4v) is 4.62. The van der Waals surface area contributed by atoms with Crippen LogP contribution < -0.4 is 9.61 Å². The Morgan fingerprint density at radius 2 is 2.14 bits per heavy atom. The Labute approximate surface area is 140 Å². The van der Waals surface area contributed by atoms with Crippen molar-refractivity contribution in [2.24, 2.45) is 5.41 Å². The average molecular weight is 335 g/mol. The second-order valence-electron chi connectivity index (χ2n) is 6.59. The molecule has 1 aliphatic rings. The highest BCUT2D eigenvalue weighted by Gasteiger charge is 2.32. The summed E-state index contributed by atoms with van der Waals surface area (Å²) in [6, 6.07) is 8.18. The smallest absolute Gasteiger partial charge is 0.187 e. The van der Waals surface area contributed by atoms with Gasteiger partial charge >= 0.3 is 0 Å². The van der Waals surface area contributed by atoms with E-state index in [-0.39, 0.29) is 5.41 Å². The first kappa shape index (κ1) is 15.9. The topological polar surface area (TPSA) is 41.5 Å². The van der Waals surface area contributed by atoms with E-state index in [1.54, 1.807) is 11.3 Å². The number of aryl methyl sites for hydroxylation is 1. The van der Waals surface area contributed by atoms with Crippen molar-refractivity contribution < 1.29 is 10.1 Å². The SMILES string of the molecule is CC1(C)CCc2sc(-c3ccccc3CNS)c(OO)c2C1. The molecule has 0 saturated carbocycles. The first-order valence-electron chi connectivity index (χ1n) is 7.47. The molecule has 3 nitrogen and oxygen atoms in total. The Morgan fingerprint density at radius 1 is 1.36 bits per heavy atom. The maximum Gasteiger partial charge on any atom is 0.187 e. The Bertz CT molecular complexity index is 679. The molecule has 1 aromatic heterocycles. The van der Waals surface area contributed by atoms with E-state index in [0.717, 1.165) is 28.8 Å². The van der Waals surface area contributed by atoms with Gasteiger partial charge in [0.15, 0.2) is 5.75 Å². The zero-order chi connectivity index (χ0) is 15.7. The van der Waals surface area contributed by atoms with Crippen molar-refractivity contribution in [1.29, 1.82) is 0 Å². The van der Waals surface area contributed by atoms with Crippen molar-refractivity contribution in [3.63, 3.8) is 0 Å². The van der Waals surface area contributed by atoms with Crippen LogP contribution in [0, 0.1) is 5.41 Å². The highest BCUT2D eigenvalue weighted by Crippen LogP contribution is 2.49. The van der Waals surface area contributed by atoms with Gasteiger partial charge in [0.1, 0.15) is 0 Å². The van der Waals surface area contributed by atoms with Crippen LogP contribution in [-0.2, 0) is 19.4 Å². The van der Waals surface area contributed by atoms with Crippen molar-refractivity contribution in [3.05, 3.63) is 40.3 Å². The van der Waals surface area contributed by atoms with Crippen molar-refractivity contribution in [3.8, 4) is 16.2 Å². The van der Waals surface area contributed by atoms with Gasteiger partial charge in [-0.25, -0.2) is 5.26 Å². The van der Waals surface area contributed by atoms with Crippen molar-refractivity contribution >= 4 is 24.2 Å². The van der Waals surface area contributed by atoms with E-state index in [2.05, 4.69) is 43.5 Å². The van der Waals surface area contributed by atoms with Crippen molar-refractivity contribution in [2.45, 2.75) is 39.7 Å². The molecule has 1 heterocycles. The summed E-state index contributed by atoms with van der Waals surface area (Å²) >= 11 is 5.85. The second kappa shape index (κ2) is 6.24. The standard InChI is InChI=1S/C17H21NO2S2/c1-17(2)8-7-14-13(9-17)15(20-19)16(22-14)12-6-4-3-5-11(12)10-18-21/h3-6,18-19,21H,7-10H2,1-2H3. The van der Waals surface area contributed by atoms with E-state index in [9.17, 15) is 5.26 Å². The third-order valence-corrected chi connectivity index (χ3v) is 5.81. The molecular weight excluding hydrogens is 314 g/mol. The molecule has 2 aromatic rings. The van der Waals surface area contributed by atoms with Crippen molar-refractivity contribution in [1.82, 2.24) is 4.72 Å². The molecule has 2 N–H and O–H groups in total. The molecule has 118 valence electrons. The lowest BCUT2D eigenvalue weighted by atomic mass is 9.77. The maximum atomic E-state index is 9.49. The lowest BCUT2D eigenvalue weighted by Gasteiger charge is -2.29. The minimum absolute atomic E-state index is 0.255. The lowest BCUT2D eigenvalue weighted by molar-refractivity contribution is -0.137. The first-order valence-corrected chi connectivity index (χ1v) is 8.73. The highest BCUT2D eigenvalue weighted by atomic mass is 32.1. The fourth-order valence-electron chi connectivity index (χ4n) is 3.15. The summed E-state index contributed by atoms with van der Waals surface area (Å²) in [5.41, 5.74) is 3.68. The van der Waals surface area contributed by atoms with Gasteiger partial charge in [0.2, 0.25) is 0 Å². The van der Waals surface area contributed by atoms with Crippen molar-refractivity contribution in [2.75, 3.05) is 0 Å². The average Bonchev–Trinajstić information content (AvgIpc) is 2.84. The van der Waals surface area contributed by atoms with E-state index in [1.807, 2.05) is 12.1 Å². The summed E-state index contributed by atoms with van der Waals surface area (Å²) in [5.74, 6) is 0.638. The van der Waals surface area contributed by atoms with E-state index < -0.39 is 0 Å². The number of benzene rings is 1. The number of hydrogen-bond donors (Lipinski definition) is 3. The van der Waals surface area contributed by atoms with Gasteiger partial charge in [0, 0.05) is 22.5 Å². The zero-order valence-electron chi connectivity index (χ0n) is 12.8. The summed E-state index contributed by atoms with van der Waals surface area (Å²) in [6.07, 6.45) is 3.17. The number of rotatable bonds is 4. The summed E-state index contributed by atoms with van der Waals surface area (Å²) < 4.78 is 2.90. The largest absolute Gasteiger partial charge is 0.338 e. The van der Waals surface area contributed by atoms with Crippen LogP contribution >= 0.6 is 24.2 Å². The molecule has 0 fully saturated rings. The molecule has 1 aromatic carbocycles. The van der Waals surface area contributed by atoms with E-state index in [0.29, 0.717) is 12.3 Å². The third kappa shape index (κ3) is 2.91.